The number of likely N-dealkylation sites (tertiary alicyclic amines) is 1. The first-order valence-corrected chi connectivity index (χ1v) is 10.2. The largest absolute Gasteiger partial charge is 0.493 e. The van der Waals surface area contributed by atoms with Gasteiger partial charge in [0.25, 0.3) is 0 Å². The minimum Gasteiger partial charge on any atom is -0.493 e. The summed E-state index contributed by atoms with van der Waals surface area (Å²) in [7, 11) is 3.46. The summed E-state index contributed by atoms with van der Waals surface area (Å²) in [6.07, 6.45) is 3.17. The highest BCUT2D eigenvalue weighted by Gasteiger charge is 2.21. The smallest absolute Gasteiger partial charge is 0.236 e. The van der Waals surface area contributed by atoms with Gasteiger partial charge in [0, 0.05) is 33.2 Å². The van der Waals surface area contributed by atoms with Gasteiger partial charge in [-0.25, -0.2) is 0 Å². The van der Waals surface area contributed by atoms with Gasteiger partial charge >= 0.3 is 0 Å². The number of hydrogen-bond acceptors (Lipinski definition) is 6. The van der Waals surface area contributed by atoms with Crippen LogP contribution in [0.4, 0.5) is 0 Å². The SMILES string of the molecule is COc1ccc(CN2CCN(C)C(=O)C2)cc1OC[C@H](O)CN1CCCCC1. The molecule has 2 fully saturated rings. The molecule has 1 amide bonds. The molecule has 0 bridgehead atoms. The molecule has 0 spiro atoms. The van der Waals surface area contributed by atoms with Crippen molar-refractivity contribution in [2.45, 2.75) is 31.9 Å². The van der Waals surface area contributed by atoms with Crippen LogP contribution in [0.2, 0.25) is 0 Å². The monoisotopic (exact) mass is 391 g/mol. The molecule has 0 radical (unpaired) electrons. The van der Waals surface area contributed by atoms with E-state index in [1.807, 2.05) is 25.2 Å². The molecule has 7 heteroatoms. The quantitative estimate of drug-likeness (QED) is 0.718. The molecule has 2 heterocycles. The van der Waals surface area contributed by atoms with E-state index in [1.165, 1.54) is 19.3 Å². The molecule has 0 aliphatic carbocycles. The fourth-order valence-corrected chi connectivity index (χ4v) is 3.81. The maximum Gasteiger partial charge on any atom is 0.236 e. The second kappa shape index (κ2) is 10.1. The van der Waals surface area contributed by atoms with E-state index < -0.39 is 6.10 Å². The molecule has 1 aromatic carbocycles. The average molecular weight is 392 g/mol. The minimum absolute atomic E-state index is 0.150. The summed E-state index contributed by atoms with van der Waals surface area (Å²) in [6.45, 7) is 5.73. The van der Waals surface area contributed by atoms with Gasteiger partial charge < -0.3 is 24.4 Å². The average Bonchev–Trinajstić information content (AvgIpc) is 2.70. The lowest BCUT2D eigenvalue weighted by Crippen LogP contribution is -2.47. The van der Waals surface area contributed by atoms with Crippen molar-refractivity contribution in [1.29, 1.82) is 0 Å². The lowest BCUT2D eigenvalue weighted by molar-refractivity contribution is -0.134. The number of ether oxygens (including phenoxy) is 2. The second-order valence-corrected chi connectivity index (χ2v) is 7.84. The zero-order chi connectivity index (χ0) is 19.9. The van der Waals surface area contributed by atoms with Gasteiger partial charge in [0.1, 0.15) is 12.7 Å². The Labute approximate surface area is 167 Å². The van der Waals surface area contributed by atoms with Crippen LogP contribution in [0, 0.1) is 0 Å². The van der Waals surface area contributed by atoms with Crippen LogP contribution in [0.5, 0.6) is 11.5 Å². The van der Waals surface area contributed by atoms with Crippen molar-refractivity contribution in [3.63, 3.8) is 0 Å². The number of hydrogen-bond donors (Lipinski definition) is 1. The van der Waals surface area contributed by atoms with E-state index in [-0.39, 0.29) is 12.5 Å². The van der Waals surface area contributed by atoms with Crippen LogP contribution in [-0.2, 0) is 11.3 Å². The van der Waals surface area contributed by atoms with Gasteiger partial charge in [-0.1, -0.05) is 12.5 Å². The molecular weight excluding hydrogens is 358 g/mol. The Morgan fingerprint density at radius 1 is 1.07 bits per heavy atom. The van der Waals surface area contributed by atoms with E-state index >= 15 is 0 Å². The lowest BCUT2D eigenvalue weighted by atomic mass is 10.1. The second-order valence-electron chi connectivity index (χ2n) is 7.84. The highest BCUT2D eigenvalue weighted by Crippen LogP contribution is 2.29. The number of carbonyl (C=O) groups is 1. The molecule has 0 saturated carbocycles. The molecule has 2 saturated heterocycles. The normalized spacial score (nSPS) is 20.2. The maximum absolute atomic E-state index is 11.9. The molecule has 2 aliphatic rings. The van der Waals surface area contributed by atoms with E-state index in [0.717, 1.165) is 31.7 Å². The predicted molar refractivity (Wildman–Crippen MR) is 108 cm³/mol. The third-order valence-corrected chi connectivity index (χ3v) is 5.52. The van der Waals surface area contributed by atoms with Gasteiger partial charge in [-0.2, -0.15) is 0 Å². The summed E-state index contributed by atoms with van der Waals surface area (Å²) in [5.74, 6) is 1.44. The van der Waals surface area contributed by atoms with Crippen LogP contribution in [0.15, 0.2) is 18.2 Å². The first-order valence-electron chi connectivity index (χ1n) is 10.2. The number of amides is 1. The number of β-amino-alcohol motifs (C(OH)–C–C–N with tert-alkyl or cyclic N) is 1. The molecule has 156 valence electrons. The number of rotatable bonds is 8. The van der Waals surface area contributed by atoms with Gasteiger partial charge in [0.15, 0.2) is 11.5 Å². The van der Waals surface area contributed by atoms with Gasteiger partial charge in [0.05, 0.1) is 13.7 Å². The Hall–Kier alpha value is -1.83. The minimum atomic E-state index is -0.526. The fraction of sp³-hybridized carbons (Fsp3) is 0.667. The van der Waals surface area contributed by atoms with Crippen molar-refractivity contribution in [3.05, 3.63) is 23.8 Å². The standard InChI is InChI=1S/C21H33N3O4/c1-22-10-11-24(15-21(22)26)13-17-6-7-19(27-2)20(12-17)28-16-18(25)14-23-8-4-3-5-9-23/h6-7,12,18,25H,3-5,8-11,13-16H2,1-2H3/t18-/m1/s1. The number of nitrogens with zero attached hydrogens (tertiary/aromatic N) is 3. The van der Waals surface area contributed by atoms with Crippen molar-refractivity contribution in [2.75, 3.05) is 60.0 Å². The predicted octanol–water partition coefficient (Wildman–Crippen LogP) is 1.19. The summed E-state index contributed by atoms with van der Waals surface area (Å²) >= 11 is 0. The number of likely N-dealkylation sites (N-methyl/N-ethyl adjacent to an activating group) is 1. The van der Waals surface area contributed by atoms with Gasteiger partial charge in [0.2, 0.25) is 5.91 Å². The number of aliphatic hydroxyl groups is 1. The first kappa shape index (κ1) is 20.9. The van der Waals surface area contributed by atoms with Crippen molar-refractivity contribution < 1.29 is 19.4 Å². The molecule has 3 rings (SSSR count). The Kier molecular flexibility index (Phi) is 7.53. The Balaban J connectivity index is 1.55. The Bertz CT molecular complexity index is 649. The molecule has 1 N–H and O–H groups in total. The third-order valence-electron chi connectivity index (χ3n) is 5.52. The molecule has 7 nitrogen and oxygen atoms in total. The zero-order valence-corrected chi connectivity index (χ0v) is 17.1. The number of benzene rings is 1. The molecule has 1 atom stereocenters. The van der Waals surface area contributed by atoms with Crippen LogP contribution in [-0.4, -0.2) is 91.9 Å². The number of piperidine rings is 1. The summed E-state index contributed by atoms with van der Waals surface area (Å²) in [4.78, 5) is 18.1. The van der Waals surface area contributed by atoms with Crippen molar-refractivity contribution in [3.8, 4) is 11.5 Å². The topological polar surface area (TPSA) is 65.5 Å². The lowest BCUT2D eigenvalue weighted by Gasteiger charge is -2.32. The van der Waals surface area contributed by atoms with E-state index in [1.54, 1.807) is 12.0 Å². The van der Waals surface area contributed by atoms with Crippen LogP contribution < -0.4 is 9.47 Å². The van der Waals surface area contributed by atoms with Crippen LogP contribution >= 0.6 is 0 Å². The summed E-state index contributed by atoms with van der Waals surface area (Å²) in [6, 6.07) is 5.84. The van der Waals surface area contributed by atoms with Gasteiger partial charge in [-0.3, -0.25) is 9.69 Å². The summed E-state index contributed by atoms with van der Waals surface area (Å²) < 4.78 is 11.3. The third kappa shape index (κ3) is 5.83. The number of piperazine rings is 1. The first-order chi connectivity index (χ1) is 13.5. The van der Waals surface area contributed by atoms with E-state index in [2.05, 4.69) is 9.80 Å². The highest BCUT2D eigenvalue weighted by atomic mass is 16.5. The number of carbonyl (C=O) groups excluding carboxylic acids is 1. The molecule has 28 heavy (non-hydrogen) atoms. The van der Waals surface area contributed by atoms with Crippen molar-refractivity contribution in [2.24, 2.45) is 0 Å². The Morgan fingerprint density at radius 2 is 1.86 bits per heavy atom. The van der Waals surface area contributed by atoms with Crippen molar-refractivity contribution >= 4 is 5.91 Å². The van der Waals surface area contributed by atoms with Crippen LogP contribution in [0.3, 0.4) is 0 Å². The van der Waals surface area contributed by atoms with Crippen molar-refractivity contribution in [1.82, 2.24) is 14.7 Å². The molecule has 1 aromatic rings. The fourth-order valence-electron chi connectivity index (χ4n) is 3.81. The molecule has 0 aromatic heterocycles. The van der Waals surface area contributed by atoms with Crippen LogP contribution in [0.25, 0.3) is 0 Å². The van der Waals surface area contributed by atoms with Gasteiger partial charge in [-0.15, -0.1) is 0 Å². The zero-order valence-electron chi connectivity index (χ0n) is 17.1. The maximum atomic E-state index is 11.9. The van der Waals surface area contributed by atoms with Gasteiger partial charge in [-0.05, 0) is 43.6 Å². The molecule has 0 unspecified atom stereocenters. The number of methoxy groups -OCH3 is 1. The Morgan fingerprint density at radius 3 is 2.57 bits per heavy atom. The summed E-state index contributed by atoms with van der Waals surface area (Å²) in [5.41, 5.74) is 1.07. The number of aliphatic hydroxyl groups excluding tert-OH is 1. The van der Waals surface area contributed by atoms with E-state index in [4.69, 9.17) is 9.47 Å². The van der Waals surface area contributed by atoms with E-state index in [0.29, 0.717) is 31.1 Å². The highest BCUT2D eigenvalue weighted by molar-refractivity contribution is 5.78. The molecular formula is C21H33N3O4. The van der Waals surface area contributed by atoms with Crippen LogP contribution in [0.1, 0.15) is 24.8 Å². The summed E-state index contributed by atoms with van der Waals surface area (Å²) in [5, 5.41) is 10.4. The van der Waals surface area contributed by atoms with E-state index in [9.17, 15) is 9.90 Å². The molecule has 2 aliphatic heterocycles.